The number of nitrogens with zero attached hydrogens (tertiary/aromatic N) is 2. The summed E-state index contributed by atoms with van der Waals surface area (Å²) in [5.41, 5.74) is -1.08. The number of carbonyl (C=O) groups excluding carboxylic acids is 1. The highest BCUT2D eigenvalue weighted by Crippen LogP contribution is 2.35. The summed E-state index contributed by atoms with van der Waals surface area (Å²) in [5, 5.41) is 0. The summed E-state index contributed by atoms with van der Waals surface area (Å²) in [4.78, 5) is 15.0. The molecule has 0 bridgehead atoms. The van der Waals surface area contributed by atoms with Gasteiger partial charge in [0, 0.05) is 18.2 Å². The van der Waals surface area contributed by atoms with E-state index in [0.29, 0.717) is 12.4 Å². The van der Waals surface area contributed by atoms with Crippen LogP contribution in [0.25, 0.3) is 11.0 Å². The van der Waals surface area contributed by atoms with Crippen LogP contribution in [0.15, 0.2) is 41.3 Å². The molecule has 2 aromatic heterocycles. The van der Waals surface area contributed by atoms with Crippen molar-refractivity contribution in [1.29, 1.82) is 0 Å². The minimum Gasteiger partial charge on any atom is -0.486 e. The van der Waals surface area contributed by atoms with Gasteiger partial charge in [-0.1, -0.05) is 0 Å². The molecule has 0 unspecified atom stereocenters. The predicted octanol–water partition coefficient (Wildman–Crippen LogP) is 3.56. The highest BCUT2D eigenvalue weighted by atomic mass is 32.2. The van der Waals surface area contributed by atoms with Crippen LogP contribution in [0.3, 0.4) is 0 Å². The lowest BCUT2D eigenvalue weighted by atomic mass is 10.2. The third kappa shape index (κ3) is 4.47. The van der Waals surface area contributed by atoms with Crippen LogP contribution in [0.1, 0.15) is 24.2 Å². The first-order valence-electron chi connectivity index (χ1n) is 9.92. The van der Waals surface area contributed by atoms with Crippen LogP contribution < -0.4 is 9.47 Å². The van der Waals surface area contributed by atoms with Crippen molar-refractivity contribution < 1.29 is 40.6 Å². The van der Waals surface area contributed by atoms with E-state index in [9.17, 15) is 26.4 Å². The van der Waals surface area contributed by atoms with E-state index >= 15 is 0 Å². The van der Waals surface area contributed by atoms with Gasteiger partial charge in [0.25, 0.3) is 10.0 Å². The highest BCUT2D eigenvalue weighted by Gasteiger charge is 2.34. The Balaban J connectivity index is 1.82. The van der Waals surface area contributed by atoms with Crippen molar-refractivity contribution in [1.82, 2.24) is 8.96 Å². The molecule has 1 aliphatic heterocycles. The highest BCUT2D eigenvalue weighted by molar-refractivity contribution is 7.90. The number of fused-ring (bicyclic) bond motifs is 2. The molecule has 0 amide bonds. The summed E-state index contributed by atoms with van der Waals surface area (Å²) in [6, 6.07) is 7.21. The van der Waals surface area contributed by atoms with E-state index in [2.05, 4.69) is 9.72 Å². The Labute approximate surface area is 186 Å². The largest absolute Gasteiger partial charge is 0.486 e. The fourth-order valence-electron chi connectivity index (χ4n) is 3.54. The molecule has 1 aromatic carbocycles. The predicted molar refractivity (Wildman–Crippen MR) is 110 cm³/mol. The standard InChI is InChI=1S/C21H19F3N2O6S/c1-30-20(27)4-2-3-13-11-15-16(6-8-19(25-15)21(22,23)24)26(13)33(28,29)14-5-7-17-18(12-14)32-10-9-31-17/h5-8,11-12H,2-4,9-10H2,1H3. The van der Waals surface area contributed by atoms with Gasteiger partial charge < -0.3 is 14.2 Å². The van der Waals surface area contributed by atoms with Crippen LogP contribution >= 0.6 is 0 Å². The van der Waals surface area contributed by atoms with Gasteiger partial charge in [-0.05, 0) is 43.2 Å². The number of alkyl halides is 3. The molecule has 176 valence electrons. The summed E-state index contributed by atoms with van der Waals surface area (Å²) in [6.45, 7) is 0.588. The van der Waals surface area contributed by atoms with Crippen molar-refractivity contribution >= 4 is 27.0 Å². The number of aromatic nitrogens is 2. The van der Waals surface area contributed by atoms with Gasteiger partial charge in [0.2, 0.25) is 0 Å². The van der Waals surface area contributed by atoms with Crippen molar-refractivity contribution in [2.45, 2.75) is 30.3 Å². The van der Waals surface area contributed by atoms with E-state index in [4.69, 9.17) is 9.47 Å². The van der Waals surface area contributed by atoms with E-state index in [0.717, 1.165) is 16.1 Å². The number of esters is 1. The lowest BCUT2D eigenvalue weighted by Gasteiger charge is -2.19. The molecule has 4 rings (SSSR count). The molecule has 0 atom stereocenters. The van der Waals surface area contributed by atoms with Gasteiger partial charge in [-0.15, -0.1) is 0 Å². The summed E-state index contributed by atoms with van der Waals surface area (Å²) >= 11 is 0. The van der Waals surface area contributed by atoms with Gasteiger partial charge >= 0.3 is 12.1 Å². The van der Waals surface area contributed by atoms with Gasteiger partial charge in [-0.2, -0.15) is 13.2 Å². The Bertz CT molecular complexity index is 1320. The van der Waals surface area contributed by atoms with Gasteiger partial charge in [-0.25, -0.2) is 17.4 Å². The molecule has 0 N–H and O–H groups in total. The molecule has 3 heterocycles. The van der Waals surface area contributed by atoms with Crippen molar-refractivity contribution in [3.63, 3.8) is 0 Å². The van der Waals surface area contributed by atoms with Crippen LogP contribution in [0, 0.1) is 0 Å². The zero-order chi connectivity index (χ0) is 23.8. The van der Waals surface area contributed by atoms with E-state index < -0.39 is 27.9 Å². The van der Waals surface area contributed by atoms with Crippen LogP contribution in [0.5, 0.6) is 11.5 Å². The number of halogens is 3. The summed E-state index contributed by atoms with van der Waals surface area (Å²) < 4.78 is 83.0. The van der Waals surface area contributed by atoms with Crippen molar-refractivity contribution in [3.05, 3.63) is 47.8 Å². The van der Waals surface area contributed by atoms with Crippen LogP contribution in [0.2, 0.25) is 0 Å². The third-order valence-corrected chi connectivity index (χ3v) is 6.83. The minimum absolute atomic E-state index is 0.00837. The first-order chi connectivity index (χ1) is 15.6. The van der Waals surface area contributed by atoms with E-state index in [-0.39, 0.29) is 53.2 Å². The monoisotopic (exact) mass is 484 g/mol. The number of ether oxygens (including phenoxy) is 3. The lowest BCUT2D eigenvalue weighted by molar-refractivity contribution is -0.141. The smallest absolute Gasteiger partial charge is 0.433 e. The first kappa shape index (κ1) is 22.9. The first-order valence-corrected chi connectivity index (χ1v) is 11.4. The molecular formula is C21H19F3N2O6S. The summed E-state index contributed by atoms with van der Waals surface area (Å²) in [5.74, 6) is 0.167. The topological polar surface area (TPSA) is 96.7 Å². The summed E-state index contributed by atoms with van der Waals surface area (Å²) in [7, 11) is -3.02. The van der Waals surface area contributed by atoms with Crippen molar-refractivity contribution in [3.8, 4) is 11.5 Å². The second-order valence-electron chi connectivity index (χ2n) is 7.24. The zero-order valence-electron chi connectivity index (χ0n) is 17.4. The normalized spacial score (nSPS) is 13.8. The molecule has 1 aliphatic rings. The third-order valence-electron chi connectivity index (χ3n) is 5.07. The molecule has 0 fully saturated rings. The number of carbonyl (C=O) groups is 1. The SMILES string of the molecule is COC(=O)CCCc1cc2nc(C(F)(F)F)ccc2n1S(=O)(=O)c1ccc2c(c1)OCCO2. The number of pyridine rings is 1. The number of aryl methyl sites for hydroxylation is 1. The molecule has 0 saturated heterocycles. The quantitative estimate of drug-likeness (QED) is 0.494. The fraction of sp³-hybridized carbons (Fsp3) is 0.333. The number of rotatable bonds is 6. The molecule has 3 aromatic rings. The molecule has 8 nitrogen and oxygen atoms in total. The molecule has 33 heavy (non-hydrogen) atoms. The van der Waals surface area contributed by atoms with Crippen molar-refractivity contribution in [2.24, 2.45) is 0 Å². The Morgan fingerprint density at radius 2 is 1.85 bits per heavy atom. The second-order valence-corrected chi connectivity index (χ2v) is 9.03. The summed E-state index contributed by atoms with van der Waals surface area (Å²) in [6.07, 6.45) is -4.35. The van der Waals surface area contributed by atoms with Crippen LogP contribution in [0.4, 0.5) is 13.2 Å². The van der Waals surface area contributed by atoms with Crippen molar-refractivity contribution in [2.75, 3.05) is 20.3 Å². The van der Waals surface area contributed by atoms with E-state index in [1.54, 1.807) is 0 Å². The van der Waals surface area contributed by atoms with Crippen LogP contribution in [-0.4, -0.2) is 43.7 Å². The van der Waals surface area contributed by atoms with Gasteiger partial charge in [0.1, 0.15) is 18.9 Å². The maximum absolute atomic E-state index is 13.6. The van der Waals surface area contributed by atoms with Gasteiger partial charge in [-0.3, -0.25) is 4.79 Å². The van der Waals surface area contributed by atoms with Crippen LogP contribution in [-0.2, 0) is 32.2 Å². The van der Waals surface area contributed by atoms with E-state index in [1.807, 2.05) is 0 Å². The molecule has 0 spiro atoms. The number of benzene rings is 1. The van der Waals surface area contributed by atoms with Gasteiger partial charge in [0.15, 0.2) is 11.5 Å². The molecule has 0 radical (unpaired) electrons. The Morgan fingerprint density at radius 3 is 2.55 bits per heavy atom. The number of hydrogen-bond acceptors (Lipinski definition) is 7. The number of methoxy groups -OCH3 is 1. The molecule has 0 saturated carbocycles. The average Bonchev–Trinajstić information content (AvgIpc) is 3.16. The Kier molecular flexibility index (Phi) is 5.95. The maximum atomic E-state index is 13.6. The zero-order valence-corrected chi connectivity index (χ0v) is 18.2. The Hall–Kier alpha value is -3.28. The minimum atomic E-state index is -4.68. The number of hydrogen-bond donors (Lipinski definition) is 0. The molecule has 0 aliphatic carbocycles. The average molecular weight is 484 g/mol. The lowest BCUT2D eigenvalue weighted by Crippen LogP contribution is -2.18. The Morgan fingerprint density at radius 1 is 1.12 bits per heavy atom. The van der Waals surface area contributed by atoms with Gasteiger partial charge in [0.05, 0.1) is 23.0 Å². The maximum Gasteiger partial charge on any atom is 0.433 e. The molecule has 12 heteroatoms. The second kappa shape index (κ2) is 8.58. The molecular weight excluding hydrogens is 465 g/mol. The van der Waals surface area contributed by atoms with E-state index in [1.165, 1.54) is 31.4 Å². The fourth-order valence-corrected chi connectivity index (χ4v) is 5.11.